The SMILES string of the molecule is Cc1ccc(-c2nc(C(=O)OCC(=O)NCc3ccc(F)cc3)cs2)cc1. The zero-order valence-electron chi connectivity index (χ0n) is 14.6. The minimum atomic E-state index is -0.651. The van der Waals surface area contributed by atoms with E-state index in [1.807, 2.05) is 31.2 Å². The van der Waals surface area contributed by atoms with Gasteiger partial charge in [0.25, 0.3) is 5.91 Å². The van der Waals surface area contributed by atoms with Crippen LogP contribution in [0.15, 0.2) is 53.9 Å². The fraction of sp³-hybridized carbons (Fsp3) is 0.150. The Kier molecular flexibility index (Phi) is 5.93. The molecule has 0 fully saturated rings. The van der Waals surface area contributed by atoms with Gasteiger partial charge in [-0.2, -0.15) is 0 Å². The minimum Gasteiger partial charge on any atom is -0.451 e. The highest BCUT2D eigenvalue weighted by Crippen LogP contribution is 2.24. The molecule has 27 heavy (non-hydrogen) atoms. The van der Waals surface area contributed by atoms with Crippen molar-refractivity contribution in [2.24, 2.45) is 0 Å². The zero-order valence-corrected chi connectivity index (χ0v) is 15.4. The van der Waals surface area contributed by atoms with Gasteiger partial charge < -0.3 is 10.1 Å². The number of benzene rings is 2. The van der Waals surface area contributed by atoms with Crippen LogP contribution in [0.5, 0.6) is 0 Å². The first-order chi connectivity index (χ1) is 13.0. The van der Waals surface area contributed by atoms with Gasteiger partial charge in [-0.1, -0.05) is 42.0 Å². The quantitative estimate of drug-likeness (QED) is 0.658. The average Bonchev–Trinajstić information content (AvgIpc) is 3.16. The summed E-state index contributed by atoms with van der Waals surface area (Å²) in [6.07, 6.45) is 0. The van der Waals surface area contributed by atoms with Gasteiger partial charge in [0, 0.05) is 17.5 Å². The standard InChI is InChI=1S/C20H17FN2O3S/c1-13-2-6-15(7-3-13)19-23-17(12-27-19)20(25)26-11-18(24)22-10-14-4-8-16(21)9-5-14/h2-9,12H,10-11H2,1H3,(H,22,24). The Morgan fingerprint density at radius 3 is 2.52 bits per heavy atom. The summed E-state index contributed by atoms with van der Waals surface area (Å²) in [5, 5.41) is 4.92. The average molecular weight is 384 g/mol. The zero-order chi connectivity index (χ0) is 19.2. The largest absolute Gasteiger partial charge is 0.451 e. The number of rotatable bonds is 6. The number of nitrogens with zero attached hydrogens (tertiary/aromatic N) is 1. The molecule has 5 nitrogen and oxygen atoms in total. The van der Waals surface area contributed by atoms with Crippen LogP contribution in [0.2, 0.25) is 0 Å². The lowest BCUT2D eigenvalue weighted by molar-refractivity contribution is -0.124. The Hall–Kier alpha value is -3.06. The summed E-state index contributed by atoms with van der Waals surface area (Å²) in [5.74, 6) is -1.43. The first-order valence-electron chi connectivity index (χ1n) is 8.22. The van der Waals surface area contributed by atoms with Crippen LogP contribution in [-0.2, 0) is 16.1 Å². The van der Waals surface area contributed by atoms with Crippen LogP contribution < -0.4 is 5.32 Å². The van der Waals surface area contributed by atoms with E-state index >= 15 is 0 Å². The van der Waals surface area contributed by atoms with Gasteiger partial charge in [-0.05, 0) is 24.6 Å². The van der Waals surface area contributed by atoms with Crippen LogP contribution in [-0.4, -0.2) is 23.5 Å². The number of ether oxygens (including phenoxy) is 1. The number of aromatic nitrogens is 1. The van der Waals surface area contributed by atoms with E-state index < -0.39 is 18.5 Å². The third kappa shape index (κ3) is 5.21. The third-order valence-electron chi connectivity index (χ3n) is 3.75. The van der Waals surface area contributed by atoms with Crippen molar-refractivity contribution in [3.63, 3.8) is 0 Å². The van der Waals surface area contributed by atoms with Gasteiger partial charge >= 0.3 is 5.97 Å². The molecule has 0 saturated carbocycles. The summed E-state index contributed by atoms with van der Waals surface area (Å²) in [4.78, 5) is 28.1. The topological polar surface area (TPSA) is 68.3 Å². The van der Waals surface area contributed by atoms with E-state index in [0.717, 1.165) is 16.7 Å². The molecule has 0 bridgehead atoms. The van der Waals surface area contributed by atoms with E-state index in [1.54, 1.807) is 17.5 Å². The second kappa shape index (κ2) is 8.55. The molecule has 0 spiro atoms. The number of hydrogen-bond acceptors (Lipinski definition) is 5. The number of halogens is 1. The molecule has 1 amide bonds. The number of nitrogens with one attached hydrogen (secondary N) is 1. The molecule has 1 aromatic heterocycles. The third-order valence-corrected chi connectivity index (χ3v) is 4.64. The van der Waals surface area contributed by atoms with Gasteiger partial charge in [-0.25, -0.2) is 14.2 Å². The predicted molar refractivity (Wildman–Crippen MR) is 101 cm³/mol. The lowest BCUT2D eigenvalue weighted by Gasteiger charge is -2.06. The van der Waals surface area contributed by atoms with Crippen LogP contribution in [0.3, 0.4) is 0 Å². The van der Waals surface area contributed by atoms with Gasteiger partial charge in [-0.15, -0.1) is 11.3 Å². The highest BCUT2D eigenvalue weighted by Gasteiger charge is 2.15. The molecule has 0 aliphatic rings. The Morgan fingerprint density at radius 2 is 1.81 bits per heavy atom. The first-order valence-corrected chi connectivity index (χ1v) is 9.10. The first kappa shape index (κ1) is 18.7. The van der Waals surface area contributed by atoms with Crippen molar-refractivity contribution in [1.82, 2.24) is 10.3 Å². The normalized spacial score (nSPS) is 10.4. The Labute approximate surface area is 159 Å². The number of carbonyl (C=O) groups is 2. The van der Waals surface area contributed by atoms with Crippen LogP contribution in [0.25, 0.3) is 10.6 Å². The molecule has 0 atom stereocenters. The van der Waals surface area contributed by atoms with Gasteiger partial charge in [0.2, 0.25) is 0 Å². The van der Waals surface area contributed by atoms with Crippen LogP contribution >= 0.6 is 11.3 Å². The second-order valence-electron chi connectivity index (χ2n) is 5.88. The highest BCUT2D eigenvalue weighted by atomic mass is 32.1. The Balaban J connectivity index is 1.49. The monoisotopic (exact) mass is 384 g/mol. The molecule has 0 aliphatic carbocycles. The van der Waals surface area contributed by atoms with Crippen molar-refractivity contribution in [2.75, 3.05) is 6.61 Å². The number of amides is 1. The molecule has 2 aromatic carbocycles. The molecule has 0 aliphatic heterocycles. The van der Waals surface area contributed by atoms with E-state index in [9.17, 15) is 14.0 Å². The minimum absolute atomic E-state index is 0.168. The molecule has 1 N–H and O–H groups in total. The molecule has 7 heteroatoms. The molecular formula is C20H17FN2O3S. The summed E-state index contributed by atoms with van der Waals surface area (Å²) >= 11 is 1.34. The predicted octanol–water partition coefficient (Wildman–Crippen LogP) is 3.73. The fourth-order valence-corrected chi connectivity index (χ4v) is 3.05. The van der Waals surface area contributed by atoms with E-state index in [0.29, 0.717) is 5.01 Å². The number of carbonyl (C=O) groups excluding carboxylic acids is 2. The maximum absolute atomic E-state index is 12.8. The van der Waals surface area contributed by atoms with Gasteiger partial charge in [0.15, 0.2) is 12.3 Å². The van der Waals surface area contributed by atoms with Gasteiger partial charge in [-0.3, -0.25) is 4.79 Å². The second-order valence-corrected chi connectivity index (χ2v) is 6.74. The maximum Gasteiger partial charge on any atom is 0.358 e. The number of esters is 1. The summed E-state index contributed by atoms with van der Waals surface area (Å²) in [6, 6.07) is 13.6. The van der Waals surface area contributed by atoms with E-state index in [4.69, 9.17) is 4.74 Å². The van der Waals surface area contributed by atoms with Gasteiger partial charge in [0.05, 0.1) is 0 Å². The van der Waals surface area contributed by atoms with Crippen molar-refractivity contribution in [3.8, 4) is 10.6 Å². The van der Waals surface area contributed by atoms with Crippen molar-refractivity contribution in [2.45, 2.75) is 13.5 Å². The van der Waals surface area contributed by atoms with Crippen molar-refractivity contribution >= 4 is 23.2 Å². The van der Waals surface area contributed by atoms with Crippen molar-refractivity contribution in [1.29, 1.82) is 0 Å². The van der Waals surface area contributed by atoms with E-state index in [2.05, 4.69) is 10.3 Å². The summed E-state index contributed by atoms with van der Waals surface area (Å²) < 4.78 is 17.8. The molecule has 3 rings (SSSR count). The van der Waals surface area contributed by atoms with Gasteiger partial charge in [0.1, 0.15) is 10.8 Å². The maximum atomic E-state index is 12.8. The molecule has 3 aromatic rings. The number of hydrogen-bond donors (Lipinski definition) is 1. The summed E-state index contributed by atoms with van der Waals surface area (Å²) in [6.45, 7) is 1.82. The number of thiazole rings is 1. The smallest absolute Gasteiger partial charge is 0.358 e. The lowest BCUT2D eigenvalue weighted by atomic mass is 10.2. The van der Waals surface area contributed by atoms with Crippen molar-refractivity contribution < 1.29 is 18.7 Å². The Morgan fingerprint density at radius 1 is 1.11 bits per heavy atom. The van der Waals surface area contributed by atoms with Crippen LogP contribution in [0.4, 0.5) is 4.39 Å². The van der Waals surface area contributed by atoms with E-state index in [1.165, 1.54) is 23.5 Å². The fourth-order valence-electron chi connectivity index (χ4n) is 2.26. The van der Waals surface area contributed by atoms with E-state index in [-0.39, 0.29) is 18.1 Å². The molecule has 0 radical (unpaired) electrons. The molecular weight excluding hydrogens is 367 g/mol. The van der Waals surface area contributed by atoms with Crippen molar-refractivity contribution in [3.05, 3.63) is 76.5 Å². The highest BCUT2D eigenvalue weighted by molar-refractivity contribution is 7.13. The lowest BCUT2D eigenvalue weighted by Crippen LogP contribution is -2.28. The molecule has 0 unspecified atom stereocenters. The Bertz CT molecular complexity index is 937. The van der Waals surface area contributed by atoms with Crippen LogP contribution in [0.1, 0.15) is 21.6 Å². The number of aryl methyl sites for hydroxylation is 1. The summed E-state index contributed by atoms with van der Waals surface area (Å²) in [5.41, 5.74) is 2.98. The molecule has 1 heterocycles. The molecule has 0 saturated heterocycles. The summed E-state index contributed by atoms with van der Waals surface area (Å²) in [7, 11) is 0. The molecule has 138 valence electrons. The van der Waals surface area contributed by atoms with Crippen LogP contribution in [0, 0.1) is 12.7 Å².